The number of H-pyrrole nitrogens is 2. The molecular formula is C24H28N6O. The topological polar surface area (TPSA) is 90.6 Å². The maximum Gasteiger partial charge on any atom is 0.254 e. The highest BCUT2D eigenvalue weighted by atomic mass is 16.2. The smallest absolute Gasteiger partial charge is 0.254 e. The highest BCUT2D eigenvalue weighted by Crippen LogP contribution is 2.52. The Balaban J connectivity index is 1.50. The summed E-state index contributed by atoms with van der Waals surface area (Å²) in [4.78, 5) is 22.9. The molecule has 1 fully saturated rings. The third kappa shape index (κ3) is 2.79. The third-order valence-electron chi connectivity index (χ3n) is 7.98. The predicted octanol–water partition coefficient (Wildman–Crippen LogP) is 4.36. The van der Waals surface area contributed by atoms with E-state index in [0.29, 0.717) is 12.1 Å². The summed E-state index contributed by atoms with van der Waals surface area (Å²) in [5.74, 6) is 0.0732. The van der Waals surface area contributed by atoms with Crippen molar-refractivity contribution in [3.63, 3.8) is 0 Å². The molecule has 7 heteroatoms. The van der Waals surface area contributed by atoms with Crippen LogP contribution in [0.3, 0.4) is 0 Å². The van der Waals surface area contributed by atoms with Crippen LogP contribution in [0.1, 0.15) is 55.6 Å². The molecule has 1 amide bonds. The minimum absolute atomic E-state index is 0.0613. The minimum atomic E-state index is -0.148. The Morgan fingerprint density at radius 2 is 1.94 bits per heavy atom. The van der Waals surface area contributed by atoms with Crippen molar-refractivity contribution in [2.75, 3.05) is 6.54 Å². The van der Waals surface area contributed by atoms with Crippen molar-refractivity contribution in [1.29, 1.82) is 0 Å². The van der Waals surface area contributed by atoms with E-state index in [9.17, 15) is 4.79 Å². The van der Waals surface area contributed by atoms with Gasteiger partial charge >= 0.3 is 0 Å². The van der Waals surface area contributed by atoms with Crippen LogP contribution in [0.5, 0.6) is 0 Å². The van der Waals surface area contributed by atoms with E-state index in [4.69, 9.17) is 0 Å². The Hall–Kier alpha value is -3.22. The molecule has 7 nitrogen and oxygen atoms in total. The van der Waals surface area contributed by atoms with Crippen molar-refractivity contribution in [2.45, 2.75) is 52.5 Å². The first kappa shape index (κ1) is 19.7. The molecule has 31 heavy (non-hydrogen) atoms. The summed E-state index contributed by atoms with van der Waals surface area (Å²) in [6.45, 7) is 11.9. The molecule has 5 rings (SSSR count). The van der Waals surface area contributed by atoms with Gasteiger partial charge in [-0.05, 0) is 67.1 Å². The van der Waals surface area contributed by atoms with Gasteiger partial charge in [-0.1, -0.05) is 26.0 Å². The summed E-state index contributed by atoms with van der Waals surface area (Å²) in [7, 11) is 0. The lowest BCUT2D eigenvalue weighted by Crippen LogP contribution is -2.60. The summed E-state index contributed by atoms with van der Waals surface area (Å²) in [6.07, 6.45) is 2.54. The van der Waals surface area contributed by atoms with Gasteiger partial charge in [0.1, 0.15) is 5.52 Å². The number of rotatable bonds is 2. The van der Waals surface area contributed by atoms with Gasteiger partial charge in [-0.15, -0.1) is 5.10 Å². The molecule has 0 spiro atoms. The fraction of sp³-hybridized carbons (Fsp3) is 0.417. The normalized spacial score (nSPS) is 23.5. The van der Waals surface area contributed by atoms with Gasteiger partial charge in [-0.2, -0.15) is 0 Å². The number of aromatic amines is 2. The molecule has 0 aliphatic carbocycles. The van der Waals surface area contributed by atoms with E-state index in [1.165, 1.54) is 11.1 Å². The van der Waals surface area contributed by atoms with Crippen LogP contribution < -0.4 is 0 Å². The van der Waals surface area contributed by atoms with Gasteiger partial charge in [0.05, 0.1) is 22.9 Å². The molecule has 0 saturated carbocycles. The largest absolute Gasteiger partial charge is 0.345 e. The van der Waals surface area contributed by atoms with Crippen molar-refractivity contribution < 1.29 is 4.79 Å². The molecule has 1 saturated heterocycles. The Morgan fingerprint density at radius 1 is 1.13 bits per heavy atom. The van der Waals surface area contributed by atoms with Crippen molar-refractivity contribution >= 4 is 28.0 Å². The second-order valence-corrected chi connectivity index (χ2v) is 9.61. The van der Waals surface area contributed by atoms with Gasteiger partial charge < -0.3 is 9.88 Å². The molecule has 3 heterocycles. The summed E-state index contributed by atoms with van der Waals surface area (Å²) < 4.78 is 0. The van der Waals surface area contributed by atoms with E-state index < -0.39 is 0 Å². The van der Waals surface area contributed by atoms with Gasteiger partial charge in [0.2, 0.25) is 0 Å². The van der Waals surface area contributed by atoms with Crippen LogP contribution in [0.15, 0.2) is 36.7 Å². The summed E-state index contributed by atoms with van der Waals surface area (Å²) in [6, 6.07) is 10.1. The maximum absolute atomic E-state index is 13.5. The number of aryl methyl sites for hydroxylation is 1. The van der Waals surface area contributed by atoms with Crippen LogP contribution in [0.25, 0.3) is 22.1 Å². The number of hydrogen-bond donors (Lipinski definition) is 2. The van der Waals surface area contributed by atoms with Crippen molar-refractivity contribution in [3.8, 4) is 0 Å². The molecule has 2 atom stereocenters. The zero-order valence-electron chi connectivity index (χ0n) is 18.7. The van der Waals surface area contributed by atoms with E-state index in [1.54, 1.807) is 6.33 Å². The number of nitrogens with one attached hydrogen (secondary N) is 2. The first-order valence-electron chi connectivity index (χ1n) is 10.8. The van der Waals surface area contributed by atoms with E-state index >= 15 is 0 Å². The van der Waals surface area contributed by atoms with E-state index in [2.05, 4.69) is 72.1 Å². The Labute approximate surface area is 181 Å². The van der Waals surface area contributed by atoms with Gasteiger partial charge in [-0.3, -0.25) is 9.89 Å². The Bertz CT molecular complexity index is 1300. The number of nitrogens with zero attached hydrogens (tertiary/aromatic N) is 4. The Morgan fingerprint density at radius 3 is 2.74 bits per heavy atom. The molecule has 1 aliphatic rings. The lowest BCUT2D eigenvalue weighted by molar-refractivity contribution is -0.00986. The van der Waals surface area contributed by atoms with E-state index in [-0.39, 0.29) is 22.8 Å². The number of imidazole rings is 1. The highest BCUT2D eigenvalue weighted by molar-refractivity contribution is 5.97. The lowest BCUT2D eigenvalue weighted by atomic mass is 9.55. The zero-order chi connectivity index (χ0) is 22.0. The van der Waals surface area contributed by atoms with E-state index in [1.807, 2.05) is 23.1 Å². The molecule has 1 aliphatic heterocycles. The number of likely N-dealkylation sites (tertiary alicyclic amines) is 1. The number of piperidine rings is 1. The molecule has 0 bridgehead atoms. The monoisotopic (exact) mass is 416 g/mol. The van der Waals surface area contributed by atoms with Gasteiger partial charge in [-0.25, -0.2) is 4.98 Å². The number of carbonyl (C=O) groups is 1. The van der Waals surface area contributed by atoms with Gasteiger partial charge in [0.25, 0.3) is 5.91 Å². The van der Waals surface area contributed by atoms with Crippen molar-refractivity contribution in [2.24, 2.45) is 5.41 Å². The number of benzene rings is 2. The minimum Gasteiger partial charge on any atom is -0.345 e. The first-order chi connectivity index (χ1) is 14.7. The zero-order valence-corrected chi connectivity index (χ0v) is 18.7. The van der Waals surface area contributed by atoms with Crippen LogP contribution in [0, 0.1) is 12.3 Å². The number of amides is 1. The lowest BCUT2D eigenvalue weighted by Gasteiger charge is -2.56. The quantitative estimate of drug-likeness (QED) is 0.508. The van der Waals surface area contributed by atoms with Crippen LogP contribution in [-0.2, 0) is 5.41 Å². The van der Waals surface area contributed by atoms with Crippen LogP contribution in [-0.4, -0.2) is 48.8 Å². The maximum atomic E-state index is 13.5. The summed E-state index contributed by atoms with van der Waals surface area (Å²) in [5.41, 5.74) is 6.57. The summed E-state index contributed by atoms with van der Waals surface area (Å²) in [5, 5.41) is 11.1. The molecule has 0 unspecified atom stereocenters. The number of aromatic nitrogens is 5. The van der Waals surface area contributed by atoms with Crippen LogP contribution in [0.2, 0.25) is 0 Å². The molecule has 160 valence electrons. The first-order valence-corrected chi connectivity index (χ1v) is 10.8. The van der Waals surface area contributed by atoms with Gasteiger partial charge in [0.15, 0.2) is 0 Å². The molecule has 0 radical (unpaired) electrons. The second kappa shape index (κ2) is 6.64. The Kier molecular flexibility index (Phi) is 4.22. The molecule has 2 N–H and O–H groups in total. The molecule has 2 aromatic heterocycles. The second-order valence-electron chi connectivity index (χ2n) is 9.61. The van der Waals surface area contributed by atoms with Crippen LogP contribution >= 0.6 is 0 Å². The molecule has 2 aromatic carbocycles. The fourth-order valence-corrected chi connectivity index (χ4v) is 5.30. The SMILES string of the molecule is Cc1cc2nn[nH]c2cc1[C@]1(C)CCN(C(=O)c2ccc3nc[nH]c3c2)[C@H](C)C1(C)C. The van der Waals surface area contributed by atoms with Crippen LogP contribution in [0.4, 0.5) is 0 Å². The molecule has 4 aromatic rings. The van der Waals surface area contributed by atoms with Crippen molar-refractivity contribution in [1.82, 2.24) is 30.3 Å². The van der Waals surface area contributed by atoms with E-state index in [0.717, 1.165) is 28.5 Å². The predicted molar refractivity (Wildman–Crippen MR) is 121 cm³/mol. The number of hydrogen-bond acceptors (Lipinski definition) is 4. The van der Waals surface area contributed by atoms with Crippen molar-refractivity contribution in [3.05, 3.63) is 53.3 Å². The summed E-state index contributed by atoms with van der Waals surface area (Å²) >= 11 is 0. The van der Waals surface area contributed by atoms with Gasteiger partial charge in [0, 0.05) is 23.6 Å². The highest BCUT2D eigenvalue weighted by Gasteiger charge is 2.52. The third-order valence-corrected chi connectivity index (χ3v) is 7.98. The standard InChI is InChI=1S/C24H28N6O/c1-14-10-20-21(28-29-27-20)12-17(14)24(5)8-9-30(15(2)23(24,3)4)22(31)16-6-7-18-19(11-16)26-13-25-18/h6-7,10-13,15H,8-9H2,1-5H3,(H,25,26)(H,27,28,29)/t15-,24+/m1/s1. The number of fused-ring (bicyclic) bond motifs is 2. The fourth-order valence-electron chi connectivity index (χ4n) is 5.30. The average molecular weight is 417 g/mol. The number of carbonyl (C=O) groups excluding carboxylic acids is 1. The molecular weight excluding hydrogens is 388 g/mol. The average Bonchev–Trinajstić information content (AvgIpc) is 3.39.